The first-order valence-electron chi connectivity index (χ1n) is 1.82. The number of nitrogens with zero attached hydrogens (tertiary/aromatic N) is 5. The number of halogens is 1. The van der Waals surface area contributed by atoms with Crippen LogP contribution >= 0.6 is 15.9 Å². The highest BCUT2D eigenvalue weighted by atomic mass is 79.9. The molecule has 9 heavy (non-hydrogen) atoms. The molecule has 1 aliphatic heterocycles. The minimum atomic E-state index is -1.85. The van der Waals surface area contributed by atoms with Gasteiger partial charge in [-0.3, -0.25) is 10.1 Å². The van der Waals surface area contributed by atoms with Crippen molar-refractivity contribution in [2.75, 3.05) is 0 Å². The van der Waals surface area contributed by atoms with Crippen LogP contribution in [0.25, 0.3) is 0 Å². The van der Waals surface area contributed by atoms with Crippen molar-refractivity contribution < 1.29 is 4.92 Å². The fourth-order valence-corrected chi connectivity index (χ4v) is 0.389. The third-order valence-corrected chi connectivity index (χ3v) is 1.22. The van der Waals surface area contributed by atoms with E-state index in [0.29, 0.717) is 0 Å². The second-order valence-corrected chi connectivity index (χ2v) is 2.25. The molecule has 0 aromatic rings. The monoisotopic (exact) mass is 193 g/mol. The second-order valence-electron chi connectivity index (χ2n) is 1.19. The Hall–Kier alpha value is -0.920. The molecule has 7 nitrogen and oxygen atoms in total. The van der Waals surface area contributed by atoms with Gasteiger partial charge in [-0.05, 0) is 10.4 Å². The zero-order valence-corrected chi connectivity index (χ0v) is 5.52. The third-order valence-electron chi connectivity index (χ3n) is 0.616. The molecule has 8 heteroatoms. The molecule has 0 aromatic heterocycles. The highest BCUT2D eigenvalue weighted by Crippen LogP contribution is 2.26. The summed E-state index contributed by atoms with van der Waals surface area (Å²) in [6, 6.07) is 0. The van der Waals surface area contributed by atoms with Gasteiger partial charge in [0.15, 0.2) is 0 Å². The molecule has 0 bridgehead atoms. The van der Waals surface area contributed by atoms with E-state index >= 15 is 0 Å². The van der Waals surface area contributed by atoms with Crippen molar-refractivity contribution in [3.8, 4) is 0 Å². The number of nitro groups is 1. The first-order valence-corrected chi connectivity index (χ1v) is 2.62. The lowest BCUT2D eigenvalue weighted by Crippen LogP contribution is -2.23. The van der Waals surface area contributed by atoms with Crippen LogP contribution in [0.15, 0.2) is 20.7 Å². The van der Waals surface area contributed by atoms with Crippen LogP contribution < -0.4 is 0 Å². The van der Waals surface area contributed by atoms with E-state index in [0.717, 1.165) is 0 Å². The van der Waals surface area contributed by atoms with E-state index in [1.807, 2.05) is 0 Å². The number of rotatable bonds is 1. The van der Waals surface area contributed by atoms with Gasteiger partial charge in [-0.15, -0.1) is 0 Å². The van der Waals surface area contributed by atoms with Gasteiger partial charge in [0.1, 0.15) is 0 Å². The lowest BCUT2D eigenvalue weighted by Gasteiger charge is -1.97. The molecule has 0 radical (unpaired) electrons. The van der Waals surface area contributed by atoms with Gasteiger partial charge in [0.05, 0.1) is 20.9 Å². The Morgan fingerprint density at radius 1 is 1.44 bits per heavy atom. The first-order chi connectivity index (χ1) is 4.15. The van der Waals surface area contributed by atoms with Gasteiger partial charge in [0.25, 0.3) is 0 Å². The molecule has 0 fully saturated rings. The molecule has 48 valence electrons. The van der Waals surface area contributed by atoms with Crippen LogP contribution in [0.5, 0.6) is 0 Å². The van der Waals surface area contributed by atoms with Gasteiger partial charge >= 0.3 is 4.70 Å². The Balaban J connectivity index is 2.88. The fraction of sp³-hybridized carbons (Fsp3) is 1.00. The number of hydrogen-bond donors (Lipinski definition) is 0. The van der Waals surface area contributed by atoms with Crippen LogP contribution in [-0.2, 0) is 0 Å². The standard InChI is InChI=1S/CBrN5O2/c2-1(7(8)9)3-5-6-4-1. The summed E-state index contributed by atoms with van der Waals surface area (Å²) in [7, 11) is 0. The predicted molar refractivity (Wildman–Crippen MR) is 28.4 cm³/mol. The van der Waals surface area contributed by atoms with Gasteiger partial charge in [-0.2, -0.15) is 0 Å². The molecular formula is CBrN5O2. The van der Waals surface area contributed by atoms with Gasteiger partial charge < -0.3 is 0 Å². The molecule has 0 N–H and O–H groups in total. The molecule has 1 rings (SSSR count). The van der Waals surface area contributed by atoms with E-state index in [1.165, 1.54) is 0 Å². The Morgan fingerprint density at radius 2 is 1.89 bits per heavy atom. The molecule has 1 aliphatic rings. The van der Waals surface area contributed by atoms with Crippen LogP contribution in [0.3, 0.4) is 0 Å². The molecule has 0 unspecified atom stereocenters. The summed E-state index contributed by atoms with van der Waals surface area (Å²) in [4.78, 5) is 9.23. The number of alkyl halides is 1. The Labute approximate surface area is 57.1 Å². The highest BCUT2D eigenvalue weighted by molar-refractivity contribution is 9.10. The van der Waals surface area contributed by atoms with Crippen LogP contribution in [0.4, 0.5) is 0 Å². The minimum Gasteiger partial charge on any atom is -0.260 e. The van der Waals surface area contributed by atoms with Crippen molar-refractivity contribution >= 4 is 15.9 Å². The maximum absolute atomic E-state index is 9.97. The van der Waals surface area contributed by atoms with Gasteiger partial charge in [0, 0.05) is 0 Å². The van der Waals surface area contributed by atoms with Gasteiger partial charge in [0.2, 0.25) is 0 Å². The second kappa shape index (κ2) is 1.79. The van der Waals surface area contributed by atoms with E-state index in [2.05, 4.69) is 36.6 Å². The molecule has 1 heterocycles. The Kier molecular flexibility index (Phi) is 1.24. The zero-order chi connectivity index (χ0) is 6.91. The lowest BCUT2D eigenvalue weighted by molar-refractivity contribution is -0.532. The smallest absolute Gasteiger partial charge is 0.260 e. The van der Waals surface area contributed by atoms with E-state index < -0.39 is 9.62 Å². The summed E-state index contributed by atoms with van der Waals surface area (Å²) in [5.74, 6) is 0. The fourth-order valence-electron chi connectivity index (χ4n) is 0.247. The van der Waals surface area contributed by atoms with Crippen LogP contribution in [-0.4, -0.2) is 9.62 Å². The van der Waals surface area contributed by atoms with Crippen molar-refractivity contribution in [1.82, 2.24) is 0 Å². The van der Waals surface area contributed by atoms with Crippen LogP contribution in [0.2, 0.25) is 0 Å². The maximum Gasteiger partial charge on any atom is 0.504 e. The normalized spacial score (nSPS) is 20.6. The molecular weight excluding hydrogens is 194 g/mol. The lowest BCUT2D eigenvalue weighted by atomic mass is 11.0. The summed E-state index contributed by atoms with van der Waals surface area (Å²) in [6.45, 7) is 0. The quantitative estimate of drug-likeness (QED) is 0.270. The van der Waals surface area contributed by atoms with E-state index in [9.17, 15) is 10.1 Å². The van der Waals surface area contributed by atoms with E-state index in [4.69, 9.17) is 0 Å². The topological polar surface area (TPSA) is 92.6 Å². The predicted octanol–water partition coefficient (Wildman–Crippen LogP) is 1.10. The first kappa shape index (κ1) is 6.20. The van der Waals surface area contributed by atoms with Crippen molar-refractivity contribution in [2.45, 2.75) is 4.70 Å². The highest BCUT2D eigenvalue weighted by Gasteiger charge is 2.43. The molecule has 0 aromatic carbocycles. The molecule has 0 spiro atoms. The summed E-state index contributed by atoms with van der Waals surface area (Å²) < 4.78 is -1.85. The minimum absolute atomic E-state index is 0.743. The maximum atomic E-state index is 9.97. The van der Waals surface area contributed by atoms with Crippen molar-refractivity contribution in [3.05, 3.63) is 10.1 Å². The van der Waals surface area contributed by atoms with Crippen LogP contribution in [0.1, 0.15) is 0 Å². The Bertz CT molecular complexity index is 185. The van der Waals surface area contributed by atoms with E-state index in [-0.39, 0.29) is 0 Å². The van der Waals surface area contributed by atoms with Gasteiger partial charge in [-0.1, -0.05) is 10.2 Å². The van der Waals surface area contributed by atoms with E-state index in [1.54, 1.807) is 0 Å². The van der Waals surface area contributed by atoms with Crippen molar-refractivity contribution in [3.63, 3.8) is 0 Å². The molecule has 0 aliphatic carbocycles. The van der Waals surface area contributed by atoms with Crippen molar-refractivity contribution in [1.29, 1.82) is 0 Å². The van der Waals surface area contributed by atoms with Gasteiger partial charge in [-0.25, -0.2) is 0 Å². The van der Waals surface area contributed by atoms with Crippen LogP contribution in [0, 0.1) is 10.1 Å². The SMILES string of the molecule is O=[N+]([O-])C1(Br)N=NN=N1. The molecule has 0 saturated carbocycles. The molecule has 0 amide bonds. The average molecular weight is 194 g/mol. The summed E-state index contributed by atoms with van der Waals surface area (Å²) >= 11 is 2.59. The largest absolute Gasteiger partial charge is 0.504 e. The third kappa shape index (κ3) is 0.922. The molecule has 0 saturated heterocycles. The summed E-state index contributed by atoms with van der Waals surface area (Å²) in [6.07, 6.45) is 0. The number of hydrogen-bond acceptors (Lipinski definition) is 6. The summed E-state index contributed by atoms with van der Waals surface area (Å²) in [5.41, 5.74) is 0. The average Bonchev–Trinajstić information content (AvgIpc) is 2.16. The zero-order valence-electron chi connectivity index (χ0n) is 3.93. The molecule has 0 atom stereocenters. The Morgan fingerprint density at radius 3 is 2.11 bits per heavy atom. The summed E-state index contributed by atoms with van der Waals surface area (Å²) in [5, 5.41) is 22.0. The van der Waals surface area contributed by atoms with Crippen molar-refractivity contribution in [2.24, 2.45) is 20.7 Å².